The standard InChI is InChI=1S/C11H18BN3O2/c1-10(2)11(3,4)17-12(16-10)7-6-9-13-8-14-15(9)5/h6-8H,1-5H3/b7-6+. The fraction of sp³-hybridized carbons (Fsp3) is 0.636. The Hall–Kier alpha value is -1.14. The average molecular weight is 235 g/mol. The summed E-state index contributed by atoms with van der Waals surface area (Å²) in [5.41, 5.74) is -0.607. The molecule has 5 nitrogen and oxygen atoms in total. The lowest BCUT2D eigenvalue weighted by Gasteiger charge is -2.32. The highest BCUT2D eigenvalue weighted by molar-refractivity contribution is 6.52. The molecule has 0 aromatic carbocycles. The lowest BCUT2D eigenvalue weighted by Crippen LogP contribution is -2.41. The third kappa shape index (κ3) is 2.28. The highest BCUT2D eigenvalue weighted by Gasteiger charge is 2.50. The molecule has 0 amide bonds. The Morgan fingerprint density at radius 2 is 1.82 bits per heavy atom. The minimum Gasteiger partial charge on any atom is -0.400 e. The van der Waals surface area contributed by atoms with Crippen LogP contribution in [0, 0.1) is 0 Å². The van der Waals surface area contributed by atoms with Gasteiger partial charge in [-0.2, -0.15) is 5.10 Å². The Morgan fingerprint density at radius 3 is 2.29 bits per heavy atom. The average Bonchev–Trinajstić information content (AvgIpc) is 2.66. The molecule has 1 aliphatic heterocycles. The summed E-state index contributed by atoms with van der Waals surface area (Å²) in [5.74, 6) is 2.64. The van der Waals surface area contributed by atoms with Crippen LogP contribution in [0.15, 0.2) is 12.3 Å². The molecule has 0 aliphatic carbocycles. The second-order valence-electron chi connectivity index (χ2n) is 5.23. The van der Waals surface area contributed by atoms with Crippen LogP contribution in [0.4, 0.5) is 0 Å². The van der Waals surface area contributed by atoms with Crippen LogP contribution in [0.1, 0.15) is 33.5 Å². The zero-order chi connectivity index (χ0) is 12.7. The number of aryl methyl sites for hydroxylation is 1. The molecule has 1 aliphatic rings. The van der Waals surface area contributed by atoms with Crippen LogP contribution in [0.3, 0.4) is 0 Å². The molecule has 92 valence electrons. The minimum atomic E-state index is -0.336. The monoisotopic (exact) mass is 235 g/mol. The molecule has 0 atom stereocenters. The van der Waals surface area contributed by atoms with E-state index >= 15 is 0 Å². The smallest absolute Gasteiger partial charge is 0.400 e. The van der Waals surface area contributed by atoms with Crippen molar-refractivity contribution in [2.45, 2.75) is 38.9 Å². The van der Waals surface area contributed by atoms with Crippen LogP contribution in [0.2, 0.25) is 0 Å². The van der Waals surface area contributed by atoms with E-state index in [2.05, 4.69) is 10.1 Å². The van der Waals surface area contributed by atoms with Crippen LogP contribution >= 0.6 is 0 Å². The summed E-state index contributed by atoms with van der Waals surface area (Å²) < 4.78 is 13.4. The Kier molecular flexibility index (Phi) is 2.87. The number of rotatable bonds is 2. The Bertz CT molecular complexity index is 424. The molecule has 1 saturated heterocycles. The highest BCUT2D eigenvalue weighted by atomic mass is 16.7. The second-order valence-corrected chi connectivity index (χ2v) is 5.23. The summed E-state index contributed by atoms with van der Waals surface area (Å²) >= 11 is 0. The van der Waals surface area contributed by atoms with E-state index in [1.54, 1.807) is 4.68 Å². The van der Waals surface area contributed by atoms with Gasteiger partial charge in [-0.15, -0.1) is 0 Å². The molecule has 0 bridgehead atoms. The van der Waals surface area contributed by atoms with Crippen LogP contribution < -0.4 is 0 Å². The van der Waals surface area contributed by atoms with Crippen LogP contribution in [0.25, 0.3) is 6.08 Å². The third-order valence-electron chi connectivity index (χ3n) is 3.42. The van der Waals surface area contributed by atoms with E-state index in [9.17, 15) is 0 Å². The van der Waals surface area contributed by atoms with Gasteiger partial charge in [-0.1, -0.05) is 5.98 Å². The van der Waals surface area contributed by atoms with Crippen molar-refractivity contribution in [1.29, 1.82) is 0 Å². The van der Waals surface area contributed by atoms with E-state index in [-0.39, 0.29) is 18.3 Å². The molecule has 2 rings (SSSR count). The largest absolute Gasteiger partial charge is 0.487 e. The van der Waals surface area contributed by atoms with Crippen molar-refractivity contribution in [3.05, 3.63) is 18.1 Å². The van der Waals surface area contributed by atoms with Gasteiger partial charge in [0.2, 0.25) is 0 Å². The lowest BCUT2D eigenvalue weighted by atomic mass is 9.90. The molecule has 1 fully saturated rings. The van der Waals surface area contributed by atoms with E-state index in [1.165, 1.54) is 6.33 Å². The molecule has 0 unspecified atom stereocenters. The number of aromatic nitrogens is 3. The first-order valence-corrected chi connectivity index (χ1v) is 5.70. The zero-order valence-electron chi connectivity index (χ0n) is 11.0. The number of hydrogen-bond acceptors (Lipinski definition) is 4. The molecule has 1 aromatic heterocycles. The summed E-state index contributed by atoms with van der Waals surface area (Å²) in [7, 11) is 1.51. The van der Waals surface area contributed by atoms with Crippen molar-refractivity contribution in [2.75, 3.05) is 0 Å². The van der Waals surface area contributed by atoms with Gasteiger partial charge >= 0.3 is 7.12 Å². The first kappa shape index (κ1) is 12.3. The maximum absolute atomic E-state index is 5.84. The highest BCUT2D eigenvalue weighted by Crippen LogP contribution is 2.36. The molecule has 1 aromatic rings. The van der Waals surface area contributed by atoms with Crippen LogP contribution in [0.5, 0.6) is 0 Å². The third-order valence-corrected chi connectivity index (χ3v) is 3.42. The molecular formula is C11H18BN3O2. The van der Waals surface area contributed by atoms with Crippen molar-refractivity contribution >= 4 is 13.2 Å². The SMILES string of the molecule is Cn1ncnc1/C=C/B1OC(C)(C)C(C)(C)O1. The Labute approximate surface area is 102 Å². The summed E-state index contributed by atoms with van der Waals surface area (Å²) in [6.45, 7) is 8.12. The first-order valence-electron chi connectivity index (χ1n) is 5.70. The van der Waals surface area contributed by atoms with Crippen molar-refractivity contribution in [2.24, 2.45) is 7.05 Å². The molecule has 6 heteroatoms. The van der Waals surface area contributed by atoms with E-state index in [0.29, 0.717) is 0 Å². The maximum atomic E-state index is 5.84. The van der Waals surface area contributed by atoms with Gasteiger partial charge in [-0.3, -0.25) is 0 Å². The zero-order valence-corrected chi connectivity index (χ0v) is 11.0. The van der Waals surface area contributed by atoms with E-state index < -0.39 is 0 Å². The molecule has 17 heavy (non-hydrogen) atoms. The van der Waals surface area contributed by atoms with Crippen molar-refractivity contribution < 1.29 is 9.31 Å². The Morgan fingerprint density at radius 1 is 1.24 bits per heavy atom. The fourth-order valence-electron chi connectivity index (χ4n) is 1.59. The minimum absolute atomic E-state index is 0.304. The van der Waals surface area contributed by atoms with Gasteiger partial charge in [-0.25, -0.2) is 9.67 Å². The van der Waals surface area contributed by atoms with Crippen LogP contribution in [-0.4, -0.2) is 33.1 Å². The Balaban J connectivity index is 2.08. The van der Waals surface area contributed by atoms with Crippen molar-refractivity contribution in [3.8, 4) is 0 Å². The lowest BCUT2D eigenvalue weighted by molar-refractivity contribution is 0.00578. The van der Waals surface area contributed by atoms with Gasteiger partial charge in [0.05, 0.1) is 11.2 Å². The fourth-order valence-corrected chi connectivity index (χ4v) is 1.59. The molecule has 0 spiro atoms. The van der Waals surface area contributed by atoms with Crippen molar-refractivity contribution in [3.63, 3.8) is 0 Å². The summed E-state index contributed by atoms with van der Waals surface area (Å²) in [4.78, 5) is 4.10. The van der Waals surface area contributed by atoms with Gasteiger partial charge in [0, 0.05) is 7.05 Å². The molecule has 0 N–H and O–H groups in total. The molecule has 0 radical (unpaired) electrons. The van der Waals surface area contributed by atoms with Gasteiger partial charge in [0.25, 0.3) is 0 Å². The summed E-state index contributed by atoms with van der Waals surface area (Å²) in [6, 6.07) is 0. The van der Waals surface area contributed by atoms with E-state index in [1.807, 2.05) is 46.8 Å². The molecule has 2 heterocycles. The second kappa shape index (κ2) is 3.96. The predicted molar refractivity (Wildman–Crippen MR) is 66.1 cm³/mol. The van der Waals surface area contributed by atoms with Crippen LogP contribution in [-0.2, 0) is 16.4 Å². The topological polar surface area (TPSA) is 49.2 Å². The number of nitrogens with zero attached hydrogens (tertiary/aromatic N) is 3. The summed E-state index contributed by atoms with van der Waals surface area (Å²) in [6.07, 6.45) is 3.37. The predicted octanol–water partition coefficient (Wildman–Crippen LogP) is 1.46. The van der Waals surface area contributed by atoms with Gasteiger partial charge in [-0.05, 0) is 33.8 Å². The van der Waals surface area contributed by atoms with Gasteiger partial charge in [0.1, 0.15) is 12.2 Å². The van der Waals surface area contributed by atoms with E-state index in [0.717, 1.165) is 5.82 Å². The number of hydrogen-bond donors (Lipinski definition) is 0. The maximum Gasteiger partial charge on any atom is 0.487 e. The van der Waals surface area contributed by atoms with Gasteiger partial charge in [0.15, 0.2) is 0 Å². The quantitative estimate of drug-likeness (QED) is 0.728. The molecular weight excluding hydrogens is 217 g/mol. The van der Waals surface area contributed by atoms with Gasteiger partial charge < -0.3 is 9.31 Å². The first-order chi connectivity index (χ1) is 7.82. The van der Waals surface area contributed by atoms with Crippen molar-refractivity contribution in [1.82, 2.24) is 14.8 Å². The summed E-state index contributed by atoms with van der Waals surface area (Å²) in [5, 5.41) is 3.99. The normalized spacial score (nSPS) is 22.5. The van der Waals surface area contributed by atoms with E-state index in [4.69, 9.17) is 9.31 Å². The molecule has 0 saturated carbocycles.